The van der Waals surface area contributed by atoms with Crippen molar-refractivity contribution >= 4 is 33.6 Å². The van der Waals surface area contributed by atoms with Gasteiger partial charge in [0.2, 0.25) is 0 Å². The predicted octanol–water partition coefficient (Wildman–Crippen LogP) is 1.84. The Morgan fingerprint density at radius 3 is 2.58 bits per heavy atom. The van der Waals surface area contributed by atoms with Gasteiger partial charge in [-0.05, 0) is 32.0 Å². The number of ether oxygens (including phenoxy) is 1. The third-order valence-electron chi connectivity index (χ3n) is 1.76. The number of anilines is 1. The summed E-state index contributed by atoms with van der Waals surface area (Å²) >= 11 is 5.62. The van der Waals surface area contributed by atoms with Crippen LogP contribution < -0.4 is 9.44 Å². The highest BCUT2D eigenvalue weighted by molar-refractivity contribution is 7.91. The number of nitrogens with one attached hydrogen (secondary N) is 2. The molecule has 0 saturated carbocycles. The van der Waals surface area contributed by atoms with E-state index >= 15 is 0 Å². The Hall–Kier alpha value is -1.67. The first-order valence-corrected chi connectivity index (χ1v) is 7.05. The normalized spacial score (nSPS) is 11.2. The lowest BCUT2D eigenvalue weighted by Crippen LogP contribution is -2.36. The molecule has 0 spiro atoms. The highest BCUT2D eigenvalue weighted by Crippen LogP contribution is 2.26. The molecule has 0 aromatic heterocycles. The molecule has 0 aliphatic carbocycles. The summed E-state index contributed by atoms with van der Waals surface area (Å²) < 4.78 is 31.5. The van der Waals surface area contributed by atoms with Gasteiger partial charge in [-0.2, -0.15) is 8.42 Å². The van der Waals surface area contributed by atoms with Gasteiger partial charge in [-0.3, -0.25) is 4.72 Å². The van der Waals surface area contributed by atoms with Crippen LogP contribution in [0.1, 0.15) is 13.8 Å². The van der Waals surface area contributed by atoms with E-state index in [1.165, 1.54) is 18.2 Å². The molecule has 0 fully saturated rings. The van der Waals surface area contributed by atoms with Crippen LogP contribution in [0, 0.1) is 0 Å². The number of phenols is 1. The smallest absolute Gasteiger partial charge is 0.422 e. The summed E-state index contributed by atoms with van der Waals surface area (Å²) in [5.41, 5.74) is 0.0904. The molecule has 0 bridgehead atoms. The Labute approximate surface area is 115 Å². The number of carbonyl (C=O) groups is 1. The standard InChI is InChI=1S/C10H13ClN2O5S/c1-6(2)18-10(15)13-19(16,17)12-7-3-4-9(14)8(11)5-7/h3-6,12,14H,1-2H3,(H,13,15). The molecule has 0 heterocycles. The average molecular weight is 309 g/mol. The fraction of sp³-hybridized carbons (Fsp3) is 0.300. The number of benzene rings is 1. The van der Waals surface area contributed by atoms with Gasteiger partial charge in [0.05, 0.1) is 16.8 Å². The lowest BCUT2D eigenvalue weighted by atomic mass is 10.3. The first kappa shape index (κ1) is 15.4. The average Bonchev–Trinajstić information content (AvgIpc) is 2.20. The third kappa shape index (κ3) is 5.23. The Bertz CT molecular complexity index is 573. The van der Waals surface area contributed by atoms with E-state index in [4.69, 9.17) is 11.6 Å². The summed E-state index contributed by atoms with van der Waals surface area (Å²) in [7, 11) is -4.12. The number of hydrogen-bond acceptors (Lipinski definition) is 5. The number of carbonyl (C=O) groups excluding carboxylic acids is 1. The van der Waals surface area contributed by atoms with Gasteiger partial charge in [0, 0.05) is 0 Å². The van der Waals surface area contributed by atoms with Gasteiger partial charge in [-0.1, -0.05) is 11.6 Å². The fourth-order valence-corrected chi connectivity index (χ4v) is 2.04. The highest BCUT2D eigenvalue weighted by atomic mass is 35.5. The van der Waals surface area contributed by atoms with Crippen molar-refractivity contribution < 1.29 is 23.1 Å². The number of rotatable bonds is 4. The van der Waals surface area contributed by atoms with Gasteiger partial charge in [0.15, 0.2) is 0 Å². The minimum atomic E-state index is -4.12. The van der Waals surface area contributed by atoms with E-state index in [1.807, 2.05) is 0 Å². The highest BCUT2D eigenvalue weighted by Gasteiger charge is 2.16. The van der Waals surface area contributed by atoms with Crippen molar-refractivity contribution in [3.05, 3.63) is 23.2 Å². The molecule has 1 rings (SSSR count). The Morgan fingerprint density at radius 1 is 1.42 bits per heavy atom. The number of phenolic OH excluding ortho intramolecular Hbond substituents is 1. The third-order valence-corrected chi connectivity index (χ3v) is 3.00. The van der Waals surface area contributed by atoms with Crippen molar-refractivity contribution in [2.75, 3.05) is 4.72 Å². The lowest BCUT2D eigenvalue weighted by molar-refractivity contribution is 0.121. The second-order valence-electron chi connectivity index (χ2n) is 3.83. The zero-order valence-electron chi connectivity index (χ0n) is 10.2. The van der Waals surface area contributed by atoms with Gasteiger partial charge < -0.3 is 9.84 Å². The minimum absolute atomic E-state index is 0.0232. The largest absolute Gasteiger partial charge is 0.506 e. The van der Waals surface area contributed by atoms with Crippen molar-refractivity contribution in [2.24, 2.45) is 0 Å². The molecule has 0 aliphatic rings. The van der Waals surface area contributed by atoms with Crippen molar-refractivity contribution in [1.82, 2.24) is 4.72 Å². The quantitative estimate of drug-likeness (QED) is 0.736. The Morgan fingerprint density at radius 2 is 2.05 bits per heavy atom. The molecule has 0 saturated heterocycles. The first-order chi connectivity index (χ1) is 8.69. The molecule has 19 heavy (non-hydrogen) atoms. The maximum absolute atomic E-state index is 11.6. The molecule has 0 radical (unpaired) electrons. The number of halogens is 1. The van der Waals surface area contributed by atoms with E-state index in [-0.39, 0.29) is 16.5 Å². The maximum Gasteiger partial charge on any atom is 0.422 e. The van der Waals surface area contributed by atoms with E-state index in [9.17, 15) is 18.3 Å². The molecular formula is C10H13ClN2O5S. The van der Waals surface area contributed by atoms with Gasteiger partial charge in [0.1, 0.15) is 5.75 Å². The summed E-state index contributed by atoms with van der Waals surface area (Å²) in [6.45, 7) is 3.17. The second kappa shape index (κ2) is 5.98. The summed E-state index contributed by atoms with van der Waals surface area (Å²) in [5.74, 6) is -0.184. The maximum atomic E-state index is 11.6. The molecule has 1 amide bonds. The molecule has 3 N–H and O–H groups in total. The van der Waals surface area contributed by atoms with E-state index in [0.717, 1.165) is 0 Å². The summed E-state index contributed by atoms with van der Waals surface area (Å²) in [6, 6.07) is 3.70. The number of hydrogen-bond donors (Lipinski definition) is 3. The van der Waals surface area contributed by atoms with E-state index in [2.05, 4.69) is 9.46 Å². The molecule has 7 nitrogen and oxygen atoms in total. The monoisotopic (exact) mass is 308 g/mol. The number of aromatic hydroxyl groups is 1. The zero-order valence-corrected chi connectivity index (χ0v) is 11.7. The molecule has 0 atom stereocenters. The molecule has 1 aromatic carbocycles. The molecular weight excluding hydrogens is 296 g/mol. The van der Waals surface area contributed by atoms with E-state index in [1.54, 1.807) is 18.6 Å². The summed E-state index contributed by atoms with van der Waals surface area (Å²) in [6.07, 6.45) is -1.54. The van der Waals surface area contributed by atoms with Crippen LogP contribution in [0.4, 0.5) is 10.5 Å². The van der Waals surface area contributed by atoms with E-state index < -0.39 is 22.4 Å². The van der Waals surface area contributed by atoms with Gasteiger partial charge in [-0.15, -0.1) is 0 Å². The minimum Gasteiger partial charge on any atom is -0.506 e. The second-order valence-corrected chi connectivity index (χ2v) is 5.65. The molecule has 0 unspecified atom stereocenters. The topological polar surface area (TPSA) is 105 Å². The number of amides is 1. The summed E-state index contributed by atoms with van der Waals surface area (Å²) in [4.78, 5) is 11.2. The zero-order chi connectivity index (χ0) is 14.6. The summed E-state index contributed by atoms with van der Waals surface area (Å²) in [5, 5.41) is 9.16. The SMILES string of the molecule is CC(C)OC(=O)NS(=O)(=O)Nc1ccc(O)c(Cl)c1. The molecule has 1 aromatic rings. The lowest BCUT2D eigenvalue weighted by Gasteiger charge is -2.11. The van der Waals surface area contributed by atoms with Crippen molar-refractivity contribution in [1.29, 1.82) is 0 Å². The molecule has 9 heteroatoms. The van der Waals surface area contributed by atoms with Crippen LogP contribution in [0.3, 0.4) is 0 Å². The van der Waals surface area contributed by atoms with Crippen molar-refractivity contribution in [2.45, 2.75) is 20.0 Å². The van der Waals surface area contributed by atoms with Crippen LogP contribution >= 0.6 is 11.6 Å². The van der Waals surface area contributed by atoms with Crippen LogP contribution in [0.5, 0.6) is 5.75 Å². The van der Waals surface area contributed by atoms with Gasteiger partial charge >= 0.3 is 16.3 Å². The molecule has 0 aliphatic heterocycles. The first-order valence-electron chi connectivity index (χ1n) is 5.19. The Balaban J connectivity index is 2.74. The van der Waals surface area contributed by atoms with Crippen LogP contribution in [-0.4, -0.2) is 25.7 Å². The predicted molar refractivity (Wildman–Crippen MR) is 70.4 cm³/mol. The van der Waals surface area contributed by atoms with Crippen LogP contribution in [0.15, 0.2) is 18.2 Å². The van der Waals surface area contributed by atoms with Crippen LogP contribution in [0.2, 0.25) is 5.02 Å². The van der Waals surface area contributed by atoms with Gasteiger partial charge in [0.25, 0.3) is 0 Å². The molecule has 106 valence electrons. The van der Waals surface area contributed by atoms with Crippen LogP contribution in [0.25, 0.3) is 0 Å². The Kier molecular flexibility index (Phi) is 4.84. The van der Waals surface area contributed by atoms with Gasteiger partial charge in [-0.25, -0.2) is 9.52 Å². The van der Waals surface area contributed by atoms with Crippen molar-refractivity contribution in [3.63, 3.8) is 0 Å². The van der Waals surface area contributed by atoms with E-state index in [0.29, 0.717) is 0 Å². The van der Waals surface area contributed by atoms with Crippen LogP contribution in [-0.2, 0) is 14.9 Å². The fourth-order valence-electron chi connectivity index (χ4n) is 1.10. The van der Waals surface area contributed by atoms with Crippen molar-refractivity contribution in [3.8, 4) is 5.75 Å².